The largest absolute Gasteiger partial charge is 0.322 e. The Kier molecular flexibility index (Phi) is 4.41. The predicted octanol–water partition coefficient (Wildman–Crippen LogP) is 2.59. The molecule has 0 fully saturated rings. The van der Waals surface area contributed by atoms with E-state index in [1.807, 2.05) is 0 Å². The Morgan fingerprint density at radius 2 is 1.55 bits per heavy atom. The van der Waals surface area contributed by atoms with Crippen LogP contribution >= 0.6 is 0 Å². The van der Waals surface area contributed by atoms with E-state index in [-0.39, 0.29) is 11.3 Å². The summed E-state index contributed by atoms with van der Waals surface area (Å²) in [5.74, 6) is -2.60. The number of sulfonamides is 1. The first-order valence-electron chi connectivity index (χ1n) is 6.09. The molecule has 0 radical (unpaired) electrons. The van der Waals surface area contributed by atoms with Gasteiger partial charge in [-0.15, -0.1) is 0 Å². The van der Waals surface area contributed by atoms with Gasteiger partial charge in [-0.2, -0.15) is 0 Å². The van der Waals surface area contributed by atoms with Crippen LogP contribution in [0.1, 0.15) is 10.4 Å². The number of benzene rings is 2. The van der Waals surface area contributed by atoms with Gasteiger partial charge in [0.2, 0.25) is 10.0 Å². The minimum atomic E-state index is -3.40. The maximum Gasteiger partial charge on any atom is 0.255 e. The summed E-state index contributed by atoms with van der Waals surface area (Å²) in [5.41, 5.74) is 0.665. The first kappa shape index (κ1) is 15.9. The molecule has 116 valence electrons. The number of hydrogen-bond donors (Lipinski definition) is 2. The van der Waals surface area contributed by atoms with Gasteiger partial charge in [-0.05, 0) is 36.4 Å². The number of nitrogens with one attached hydrogen (secondary N) is 2. The van der Waals surface area contributed by atoms with Gasteiger partial charge in [0, 0.05) is 23.0 Å². The Labute approximate surface area is 126 Å². The number of carbonyl (C=O) groups excluding carboxylic acids is 1. The second-order valence-electron chi connectivity index (χ2n) is 4.53. The fourth-order valence-electron chi connectivity index (χ4n) is 1.68. The average Bonchev–Trinajstić information content (AvgIpc) is 2.42. The van der Waals surface area contributed by atoms with E-state index in [1.165, 1.54) is 30.3 Å². The van der Waals surface area contributed by atoms with Gasteiger partial charge in [0.25, 0.3) is 5.91 Å². The smallest absolute Gasteiger partial charge is 0.255 e. The molecule has 2 aromatic rings. The quantitative estimate of drug-likeness (QED) is 0.907. The summed E-state index contributed by atoms with van der Waals surface area (Å²) >= 11 is 0. The van der Waals surface area contributed by atoms with E-state index in [0.29, 0.717) is 5.69 Å². The zero-order valence-electron chi connectivity index (χ0n) is 11.4. The van der Waals surface area contributed by atoms with Crippen molar-refractivity contribution in [2.24, 2.45) is 0 Å². The lowest BCUT2D eigenvalue weighted by atomic mass is 10.2. The standard InChI is InChI=1S/C14H12F2N2O3S/c1-22(20,21)18-10-4-2-9(3-5-10)14(19)17-11-6-7-12(15)13(16)8-11/h2-8,18H,1H3,(H,17,19). The summed E-state index contributed by atoms with van der Waals surface area (Å²) < 4.78 is 50.2. The van der Waals surface area contributed by atoms with Crippen LogP contribution in [-0.2, 0) is 10.0 Å². The fourth-order valence-corrected chi connectivity index (χ4v) is 2.25. The number of amides is 1. The second-order valence-corrected chi connectivity index (χ2v) is 6.28. The number of halogens is 2. The Hall–Kier alpha value is -2.48. The Balaban J connectivity index is 2.11. The molecule has 0 aromatic heterocycles. The van der Waals surface area contributed by atoms with Crippen molar-refractivity contribution in [2.75, 3.05) is 16.3 Å². The maximum absolute atomic E-state index is 13.1. The summed E-state index contributed by atoms with van der Waals surface area (Å²) in [5, 5.41) is 2.41. The molecule has 2 N–H and O–H groups in total. The highest BCUT2D eigenvalue weighted by Crippen LogP contribution is 2.16. The number of carbonyl (C=O) groups is 1. The highest BCUT2D eigenvalue weighted by atomic mass is 32.2. The van der Waals surface area contributed by atoms with Crippen LogP contribution in [0.15, 0.2) is 42.5 Å². The highest BCUT2D eigenvalue weighted by Gasteiger charge is 2.09. The van der Waals surface area contributed by atoms with Gasteiger partial charge in [-0.25, -0.2) is 17.2 Å². The third-order valence-electron chi connectivity index (χ3n) is 2.63. The molecule has 0 saturated carbocycles. The normalized spacial score (nSPS) is 11.0. The zero-order valence-corrected chi connectivity index (χ0v) is 12.2. The van der Waals surface area contributed by atoms with Gasteiger partial charge in [-0.3, -0.25) is 9.52 Å². The van der Waals surface area contributed by atoms with Crippen molar-refractivity contribution in [2.45, 2.75) is 0 Å². The monoisotopic (exact) mass is 326 g/mol. The SMILES string of the molecule is CS(=O)(=O)Nc1ccc(C(=O)Nc2ccc(F)c(F)c2)cc1. The molecule has 0 aliphatic rings. The van der Waals surface area contributed by atoms with Gasteiger partial charge in [0.05, 0.1) is 6.26 Å². The highest BCUT2D eigenvalue weighted by molar-refractivity contribution is 7.92. The van der Waals surface area contributed by atoms with Gasteiger partial charge in [0.1, 0.15) is 0 Å². The fraction of sp³-hybridized carbons (Fsp3) is 0.0714. The molecule has 5 nitrogen and oxygen atoms in total. The molecule has 22 heavy (non-hydrogen) atoms. The summed E-state index contributed by atoms with van der Waals surface area (Å²) in [6.07, 6.45) is 1.01. The van der Waals surface area contributed by atoms with Crippen molar-refractivity contribution < 1.29 is 22.0 Å². The van der Waals surface area contributed by atoms with Crippen molar-refractivity contribution in [3.8, 4) is 0 Å². The molecule has 0 aliphatic carbocycles. The molecule has 0 saturated heterocycles. The van der Waals surface area contributed by atoms with Crippen molar-refractivity contribution in [3.63, 3.8) is 0 Å². The van der Waals surface area contributed by atoms with Crippen molar-refractivity contribution in [3.05, 3.63) is 59.7 Å². The molecule has 0 aliphatic heterocycles. The predicted molar refractivity (Wildman–Crippen MR) is 79.2 cm³/mol. The van der Waals surface area contributed by atoms with E-state index >= 15 is 0 Å². The van der Waals surface area contributed by atoms with Crippen molar-refractivity contribution in [1.82, 2.24) is 0 Å². The minimum Gasteiger partial charge on any atom is -0.322 e. The summed E-state index contributed by atoms with van der Waals surface area (Å²) in [7, 11) is -3.40. The molecule has 2 rings (SSSR count). The maximum atomic E-state index is 13.1. The lowest BCUT2D eigenvalue weighted by Gasteiger charge is -2.07. The average molecular weight is 326 g/mol. The van der Waals surface area contributed by atoms with Crippen LogP contribution in [0.5, 0.6) is 0 Å². The summed E-state index contributed by atoms with van der Waals surface area (Å²) in [6.45, 7) is 0. The lowest BCUT2D eigenvalue weighted by molar-refractivity contribution is 0.102. The van der Waals surface area contributed by atoms with Gasteiger partial charge >= 0.3 is 0 Å². The van der Waals surface area contributed by atoms with E-state index in [2.05, 4.69) is 10.0 Å². The summed E-state index contributed by atoms with van der Waals surface area (Å²) in [6, 6.07) is 8.65. The van der Waals surface area contributed by atoms with Crippen LogP contribution in [0, 0.1) is 11.6 Å². The van der Waals surface area contributed by atoms with Crippen LogP contribution in [0.4, 0.5) is 20.2 Å². The van der Waals surface area contributed by atoms with Crippen LogP contribution < -0.4 is 10.0 Å². The number of rotatable bonds is 4. The second kappa shape index (κ2) is 6.10. The minimum absolute atomic E-state index is 0.113. The molecular formula is C14H12F2N2O3S. The molecule has 0 heterocycles. The lowest BCUT2D eigenvalue weighted by Crippen LogP contribution is -2.13. The van der Waals surface area contributed by atoms with Gasteiger partial charge in [0.15, 0.2) is 11.6 Å². The van der Waals surface area contributed by atoms with Gasteiger partial charge in [-0.1, -0.05) is 0 Å². The first-order valence-corrected chi connectivity index (χ1v) is 7.98. The number of anilines is 2. The molecule has 0 spiro atoms. The molecule has 8 heteroatoms. The van der Waals surface area contributed by atoms with Crippen LogP contribution in [0.3, 0.4) is 0 Å². The molecule has 2 aromatic carbocycles. The van der Waals surface area contributed by atoms with Crippen LogP contribution in [0.2, 0.25) is 0 Å². The van der Waals surface area contributed by atoms with E-state index < -0.39 is 27.6 Å². The van der Waals surface area contributed by atoms with E-state index in [1.54, 1.807) is 0 Å². The molecule has 0 unspecified atom stereocenters. The van der Waals surface area contributed by atoms with E-state index in [0.717, 1.165) is 18.4 Å². The van der Waals surface area contributed by atoms with Crippen molar-refractivity contribution >= 4 is 27.3 Å². The Morgan fingerprint density at radius 3 is 2.09 bits per heavy atom. The van der Waals surface area contributed by atoms with E-state index in [4.69, 9.17) is 0 Å². The Morgan fingerprint density at radius 1 is 0.955 bits per heavy atom. The summed E-state index contributed by atoms with van der Waals surface area (Å²) in [4.78, 5) is 11.9. The van der Waals surface area contributed by atoms with Gasteiger partial charge < -0.3 is 5.32 Å². The van der Waals surface area contributed by atoms with E-state index in [9.17, 15) is 22.0 Å². The first-order chi connectivity index (χ1) is 10.2. The Bertz CT molecular complexity index is 805. The topological polar surface area (TPSA) is 75.3 Å². The zero-order chi connectivity index (χ0) is 16.3. The molecule has 0 atom stereocenters. The van der Waals surface area contributed by atoms with Crippen LogP contribution in [0.25, 0.3) is 0 Å². The van der Waals surface area contributed by atoms with Crippen molar-refractivity contribution in [1.29, 1.82) is 0 Å². The number of hydrogen-bond acceptors (Lipinski definition) is 3. The molecular weight excluding hydrogens is 314 g/mol. The van der Waals surface area contributed by atoms with Crippen LogP contribution in [-0.4, -0.2) is 20.6 Å². The molecule has 1 amide bonds. The third kappa shape index (κ3) is 4.26. The molecule has 0 bridgehead atoms. The third-order valence-corrected chi connectivity index (χ3v) is 3.23.